The van der Waals surface area contributed by atoms with Crippen molar-refractivity contribution >= 4 is 11.8 Å². The first-order chi connectivity index (χ1) is 14.3. The van der Waals surface area contributed by atoms with Crippen LogP contribution in [0.3, 0.4) is 0 Å². The number of aliphatic hydroxyl groups is 1. The van der Waals surface area contributed by atoms with Crippen LogP contribution in [0.5, 0.6) is 0 Å². The highest BCUT2D eigenvalue weighted by molar-refractivity contribution is 5.91. The van der Waals surface area contributed by atoms with Crippen molar-refractivity contribution in [2.24, 2.45) is 5.41 Å². The third-order valence-electron chi connectivity index (χ3n) is 5.49. The van der Waals surface area contributed by atoms with Gasteiger partial charge < -0.3 is 20.6 Å². The first kappa shape index (κ1) is 24.8. The van der Waals surface area contributed by atoms with Crippen molar-refractivity contribution < 1.29 is 19.1 Å². The summed E-state index contributed by atoms with van der Waals surface area (Å²) in [4.78, 5) is 27.9. The summed E-state index contributed by atoms with van der Waals surface area (Å²) >= 11 is 0. The van der Waals surface area contributed by atoms with Crippen molar-refractivity contribution in [3.63, 3.8) is 0 Å². The first-order valence-corrected chi connectivity index (χ1v) is 10.7. The average Bonchev–Trinajstić information content (AvgIpc) is 3.06. The lowest BCUT2D eigenvalue weighted by Crippen LogP contribution is -2.57. The summed E-state index contributed by atoms with van der Waals surface area (Å²) in [6, 6.07) is 2.75. The molecular weight excluding hydrogens is 397 g/mol. The Bertz CT molecular complexity index is 857. The number of β-amino-alcohol motifs (C(OH)–C–C–N with tert-alkyl or cyclic N) is 1. The molecule has 1 aliphatic heterocycles. The predicted molar refractivity (Wildman–Crippen MR) is 119 cm³/mol. The molecular formula is C24H34FN3O3. The molecule has 1 aromatic carbocycles. The van der Waals surface area contributed by atoms with Gasteiger partial charge in [-0.25, -0.2) is 4.39 Å². The number of carbonyl (C=O) groups is 2. The SMILES string of the molecule is C#Cc1ccc([C@H](C)NC(=O)[C@@H]2C[C@@H](O)CN2C(=O)[C@@H](NC(C)C)C(C)(C)C)cc1F. The summed E-state index contributed by atoms with van der Waals surface area (Å²) in [5, 5.41) is 16.4. The number of nitrogens with zero attached hydrogens (tertiary/aromatic N) is 1. The van der Waals surface area contributed by atoms with Gasteiger partial charge in [0.1, 0.15) is 11.9 Å². The number of terminal acetylenes is 1. The number of nitrogens with one attached hydrogen (secondary N) is 2. The van der Waals surface area contributed by atoms with Gasteiger partial charge in [-0.2, -0.15) is 0 Å². The Morgan fingerprint density at radius 2 is 1.94 bits per heavy atom. The van der Waals surface area contributed by atoms with Crippen molar-refractivity contribution in [2.75, 3.05) is 6.54 Å². The topological polar surface area (TPSA) is 81.7 Å². The third kappa shape index (κ3) is 6.05. The van der Waals surface area contributed by atoms with E-state index in [0.29, 0.717) is 5.56 Å². The lowest BCUT2D eigenvalue weighted by atomic mass is 9.85. The maximum Gasteiger partial charge on any atom is 0.243 e. The van der Waals surface area contributed by atoms with Gasteiger partial charge in [-0.05, 0) is 30.0 Å². The van der Waals surface area contributed by atoms with Crippen LogP contribution in [0.15, 0.2) is 18.2 Å². The number of likely N-dealkylation sites (tertiary alicyclic amines) is 1. The molecule has 1 aliphatic rings. The Morgan fingerprint density at radius 3 is 2.45 bits per heavy atom. The Balaban J connectivity index is 2.19. The minimum absolute atomic E-state index is 0.0777. The van der Waals surface area contributed by atoms with Crippen LogP contribution in [-0.2, 0) is 9.59 Å². The van der Waals surface area contributed by atoms with Gasteiger partial charge in [-0.1, -0.05) is 46.6 Å². The van der Waals surface area contributed by atoms with Crippen LogP contribution in [-0.4, -0.2) is 52.6 Å². The number of amides is 2. The molecule has 0 bridgehead atoms. The summed E-state index contributed by atoms with van der Waals surface area (Å²) in [7, 11) is 0. The average molecular weight is 432 g/mol. The molecule has 170 valence electrons. The number of hydrogen-bond acceptors (Lipinski definition) is 4. The number of halogens is 1. The van der Waals surface area contributed by atoms with Crippen LogP contribution in [0.25, 0.3) is 0 Å². The third-order valence-corrected chi connectivity index (χ3v) is 5.49. The molecule has 6 nitrogen and oxygen atoms in total. The van der Waals surface area contributed by atoms with Gasteiger partial charge in [0.15, 0.2) is 0 Å². The molecule has 3 N–H and O–H groups in total. The molecule has 4 atom stereocenters. The van der Waals surface area contributed by atoms with Crippen molar-refractivity contribution in [2.45, 2.75) is 78.2 Å². The van der Waals surface area contributed by atoms with E-state index < -0.39 is 30.0 Å². The van der Waals surface area contributed by atoms with E-state index >= 15 is 0 Å². The van der Waals surface area contributed by atoms with Crippen molar-refractivity contribution in [3.05, 3.63) is 35.1 Å². The highest BCUT2D eigenvalue weighted by Gasteiger charge is 2.44. The normalized spacial score (nSPS) is 21.0. The summed E-state index contributed by atoms with van der Waals surface area (Å²) in [5.41, 5.74) is 0.346. The lowest BCUT2D eigenvalue weighted by molar-refractivity contribution is -0.142. The van der Waals surface area contributed by atoms with E-state index in [9.17, 15) is 19.1 Å². The second kappa shape index (κ2) is 9.80. The second-order valence-corrected chi connectivity index (χ2v) is 9.63. The van der Waals surface area contributed by atoms with Crippen molar-refractivity contribution in [1.29, 1.82) is 0 Å². The molecule has 0 unspecified atom stereocenters. The van der Waals surface area contributed by atoms with E-state index in [2.05, 4.69) is 16.6 Å². The van der Waals surface area contributed by atoms with E-state index in [4.69, 9.17) is 6.42 Å². The summed E-state index contributed by atoms with van der Waals surface area (Å²) in [5.74, 6) is 1.15. The second-order valence-electron chi connectivity index (χ2n) is 9.63. The van der Waals surface area contributed by atoms with E-state index in [0.717, 1.165) is 0 Å². The number of hydrogen-bond donors (Lipinski definition) is 3. The molecule has 2 rings (SSSR count). The van der Waals surface area contributed by atoms with Gasteiger partial charge in [0.05, 0.1) is 23.8 Å². The molecule has 1 aromatic rings. The first-order valence-electron chi connectivity index (χ1n) is 10.7. The highest BCUT2D eigenvalue weighted by Crippen LogP contribution is 2.27. The fourth-order valence-corrected chi connectivity index (χ4v) is 3.81. The molecule has 1 fully saturated rings. The standard InChI is InChI=1S/C24H34FN3O3/c1-8-16-9-10-17(11-19(16)25)15(4)27-22(30)20-12-18(29)13-28(20)23(31)21(24(5,6)7)26-14(2)3/h1,9-11,14-15,18,20-21,26,29H,12-13H2,2-7H3,(H,27,30)/t15-,18+,20-,21+/m0/s1. The van der Waals surface area contributed by atoms with E-state index in [-0.39, 0.29) is 41.8 Å². The highest BCUT2D eigenvalue weighted by atomic mass is 19.1. The van der Waals surface area contributed by atoms with Crippen LogP contribution in [0.1, 0.15) is 65.1 Å². The molecule has 0 saturated carbocycles. The number of rotatable bonds is 6. The van der Waals surface area contributed by atoms with Gasteiger partial charge in [0.2, 0.25) is 11.8 Å². The fourth-order valence-electron chi connectivity index (χ4n) is 3.81. The largest absolute Gasteiger partial charge is 0.391 e. The molecule has 2 amide bonds. The molecule has 7 heteroatoms. The Morgan fingerprint density at radius 1 is 1.29 bits per heavy atom. The van der Waals surface area contributed by atoms with Gasteiger partial charge in [-0.15, -0.1) is 6.42 Å². The molecule has 0 aromatic heterocycles. The number of benzene rings is 1. The van der Waals surface area contributed by atoms with Crippen LogP contribution < -0.4 is 10.6 Å². The maximum atomic E-state index is 14.0. The van der Waals surface area contributed by atoms with Crippen LogP contribution in [0, 0.1) is 23.6 Å². The molecule has 31 heavy (non-hydrogen) atoms. The molecule has 1 heterocycles. The van der Waals surface area contributed by atoms with Gasteiger partial charge in [0.25, 0.3) is 0 Å². The quantitative estimate of drug-likeness (QED) is 0.604. The Labute approximate surface area is 184 Å². The van der Waals surface area contributed by atoms with Crippen LogP contribution >= 0.6 is 0 Å². The summed E-state index contributed by atoms with van der Waals surface area (Å²) < 4.78 is 14.0. The zero-order chi connectivity index (χ0) is 23.5. The lowest BCUT2D eigenvalue weighted by Gasteiger charge is -2.36. The van der Waals surface area contributed by atoms with Gasteiger partial charge >= 0.3 is 0 Å². The minimum Gasteiger partial charge on any atom is -0.391 e. The molecule has 0 aliphatic carbocycles. The Kier molecular flexibility index (Phi) is 7.85. The fraction of sp³-hybridized carbons (Fsp3) is 0.583. The van der Waals surface area contributed by atoms with Crippen LogP contribution in [0.4, 0.5) is 4.39 Å². The predicted octanol–water partition coefficient (Wildman–Crippen LogP) is 2.36. The van der Waals surface area contributed by atoms with Crippen molar-refractivity contribution in [1.82, 2.24) is 15.5 Å². The van der Waals surface area contributed by atoms with E-state index in [1.807, 2.05) is 34.6 Å². The maximum absolute atomic E-state index is 14.0. The zero-order valence-electron chi connectivity index (χ0n) is 19.2. The van der Waals surface area contributed by atoms with Gasteiger partial charge in [0, 0.05) is 19.0 Å². The number of aliphatic hydroxyl groups excluding tert-OH is 1. The summed E-state index contributed by atoms with van der Waals surface area (Å²) in [6.07, 6.45) is 4.64. The molecule has 1 saturated heterocycles. The van der Waals surface area contributed by atoms with E-state index in [1.165, 1.54) is 17.0 Å². The number of carbonyl (C=O) groups excluding carboxylic acids is 2. The molecule has 0 spiro atoms. The van der Waals surface area contributed by atoms with Crippen LogP contribution in [0.2, 0.25) is 0 Å². The zero-order valence-corrected chi connectivity index (χ0v) is 19.2. The van der Waals surface area contributed by atoms with E-state index in [1.54, 1.807) is 13.0 Å². The van der Waals surface area contributed by atoms with Crippen molar-refractivity contribution in [3.8, 4) is 12.3 Å². The Hall–Kier alpha value is -2.43. The molecule has 0 radical (unpaired) electrons. The summed E-state index contributed by atoms with van der Waals surface area (Å²) in [6.45, 7) is 11.6. The smallest absolute Gasteiger partial charge is 0.243 e. The van der Waals surface area contributed by atoms with Gasteiger partial charge in [-0.3, -0.25) is 9.59 Å². The monoisotopic (exact) mass is 431 g/mol. The minimum atomic E-state index is -0.793.